The van der Waals surface area contributed by atoms with Crippen molar-refractivity contribution in [3.05, 3.63) is 0 Å². The van der Waals surface area contributed by atoms with Gasteiger partial charge in [-0.3, -0.25) is 19.2 Å². The van der Waals surface area contributed by atoms with Crippen molar-refractivity contribution in [3.63, 3.8) is 0 Å². The van der Waals surface area contributed by atoms with Crippen LogP contribution in [0, 0.1) is 0 Å². The Morgan fingerprint density at radius 3 is 1.09 bits per heavy atom. The number of rotatable bonds is 29. The molecule has 37 atom stereocenters. The Hall–Kier alpha value is -4.54. The zero-order valence-electron chi connectivity index (χ0n) is 54.6. The molecule has 0 bridgehead atoms. The van der Waals surface area contributed by atoms with Crippen molar-refractivity contribution < 1.29 is 208 Å². The lowest BCUT2D eigenvalue weighted by Crippen LogP contribution is -2.71. The second-order valence-corrected chi connectivity index (χ2v) is 25.4. The first-order valence-corrected chi connectivity index (χ1v) is 31.9. The molecule has 0 aromatic heterocycles. The average Bonchev–Trinajstić information content (AvgIpc) is 0.758. The van der Waals surface area contributed by atoms with Crippen molar-refractivity contribution in [1.29, 1.82) is 0 Å². The van der Waals surface area contributed by atoms with Gasteiger partial charge < -0.3 is 200 Å². The molecule has 46 nitrogen and oxygen atoms in total. The molecular weight excluding hydrogens is 1400 g/mol. The molecule has 0 unspecified atom stereocenters. The van der Waals surface area contributed by atoms with E-state index >= 15 is 0 Å². The van der Waals surface area contributed by atoms with Gasteiger partial charge in [0.05, 0.1) is 70.5 Å². The Balaban J connectivity index is 1.07. The van der Waals surface area contributed by atoms with Gasteiger partial charge in [0.15, 0.2) is 31.5 Å². The summed E-state index contributed by atoms with van der Waals surface area (Å²) in [6.45, 7) is -4.19. The van der Waals surface area contributed by atoms with E-state index in [0.29, 0.717) is 0 Å². The predicted octanol–water partition coefficient (Wildman–Crippen LogP) is -17.3. The van der Waals surface area contributed by atoms with Crippen LogP contribution in [0.4, 0.5) is 0 Å². The summed E-state index contributed by atoms with van der Waals surface area (Å²) in [5.41, 5.74) is 0. The van der Waals surface area contributed by atoms with Crippen molar-refractivity contribution >= 4 is 35.6 Å². The van der Waals surface area contributed by atoms with Gasteiger partial charge in [0.2, 0.25) is 23.6 Å². The summed E-state index contributed by atoms with van der Waals surface area (Å²) >= 11 is 0. The number of carboxylic acid groups (broad SMARTS) is 2. The minimum absolute atomic E-state index is 0.847. The summed E-state index contributed by atoms with van der Waals surface area (Å²) in [6, 6.07) is -7.19. The minimum atomic E-state index is -3.24. The maximum atomic E-state index is 13.1. The van der Waals surface area contributed by atoms with E-state index in [4.69, 9.17) is 61.6 Å². The van der Waals surface area contributed by atoms with Crippen LogP contribution in [0.2, 0.25) is 0 Å². The highest BCUT2D eigenvalue weighted by Crippen LogP contribution is 2.42. The highest BCUT2D eigenvalue weighted by Gasteiger charge is 2.64. The minimum Gasteiger partial charge on any atom is -0.477 e. The maximum absolute atomic E-state index is 13.1. The number of carbonyl (C=O) groups excluding carboxylic acids is 4. The normalized spacial score (nSPS) is 44.6. The zero-order valence-corrected chi connectivity index (χ0v) is 54.6. The van der Waals surface area contributed by atoms with E-state index in [2.05, 4.69) is 21.3 Å². The molecule has 7 rings (SSSR count). The fourth-order valence-corrected chi connectivity index (χ4v) is 12.9. The zero-order chi connectivity index (χ0) is 76.1. The molecule has 0 radical (unpaired) electrons. The number of amides is 4. The first kappa shape index (κ1) is 84.7. The molecule has 7 saturated heterocycles. The first-order chi connectivity index (χ1) is 47.9. The van der Waals surface area contributed by atoms with Gasteiger partial charge in [-0.15, -0.1) is 0 Å². The van der Waals surface area contributed by atoms with Gasteiger partial charge in [-0.1, -0.05) is 0 Å². The molecule has 102 heavy (non-hydrogen) atoms. The van der Waals surface area contributed by atoms with Crippen LogP contribution in [0.3, 0.4) is 0 Å². The summed E-state index contributed by atoms with van der Waals surface area (Å²) in [4.78, 5) is 75.9. The summed E-state index contributed by atoms with van der Waals surface area (Å²) in [7, 11) is 0. The lowest BCUT2D eigenvalue weighted by atomic mass is 9.88. The molecule has 7 heterocycles. The van der Waals surface area contributed by atoms with Crippen molar-refractivity contribution in [2.75, 3.05) is 46.2 Å². The first-order valence-electron chi connectivity index (χ1n) is 31.9. The Labute approximate surface area is 576 Å². The molecule has 0 aliphatic carbocycles. The van der Waals surface area contributed by atoms with Gasteiger partial charge in [-0.05, 0) is 0 Å². The van der Waals surface area contributed by atoms with E-state index in [0.717, 1.165) is 27.7 Å². The molecule has 4 amide bonds. The summed E-state index contributed by atoms with van der Waals surface area (Å²) in [5.74, 6) is -14.3. The molecule has 0 aromatic carbocycles. The third kappa shape index (κ3) is 18.5. The Morgan fingerprint density at radius 1 is 0.402 bits per heavy atom. The van der Waals surface area contributed by atoms with Crippen LogP contribution in [0.25, 0.3) is 0 Å². The van der Waals surface area contributed by atoms with Crippen molar-refractivity contribution in [2.24, 2.45) is 0 Å². The standard InChI is InChI=1S/C56H92N4O42/c1-14(67)57-27-18(71)5-55(53(86)87,99-43(27)31(75)20(73)7-61)101-46-33(77)22(9-63)92-51(39(46)83)96-41-24(11-65)94-49(29(36(41)80)59-16(3)69)90-13-26-35(79)45(38(82)48(85)91-26)98-50-30(60-17(4)70)37(81)42(25(12-66)95-50)97-52-40(84)47(34(78)23(10-64)93-52)102-56(54(88)89)6-19(72)28(58-15(2)68)44(100-56)32(76)21(74)8-62/h18-52,61-66,71-85H,5-13H2,1-4H3,(H,57,67)(H,58,68)(H,59,69)(H,60,70)(H,86,87)(H,88,89)/t18-,19-,20+,21+,22+,23+,24+,25+,26+,27+,28+,29+,30+,31+,32+,33-,34-,35-,36+,37+,38+,39+,40+,41+,42+,43+,44+,45-,46-,47-,48+,49+,50-,51-,52-,55-,56-/m0/s1. The average molecular weight is 1490 g/mol. The van der Waals surface area contributed by atoms with Crippen molar-refractivity contribution in [2.45, 2.75) is 266 Å². The number of hydrogen-bond acceptors (Lipinski definition) is 40. The number of carboxylic acids is 2. The van der Waals surface area contributed by atoms with Crippen molar-refractivity contribution in [1.82, 2.24) is 21.3 Å². The molecule has 7 fully saturated rings. The third-order valence-electron chi connectivity index (χ3n) is 18.1. The van der Waals surface area contributed by atoms with Gasteiger partial charge in [-0.2, -0.15) is 0 Å². The molecule has 46 heteroatoms. The van der Waals surface area contributed by atoms with Crippen LogP contribution in [0.15, 0.2) is 0 Å². The van der Waals surface area contributed by atoms with E-state index in [1.165, 1.54) is 0 Å². The molecule has 7 aliphatic heterocycles. The van der Waals surface area contributed by atoms with Crippen LogP contribution in [-0.2, 0) is 90.3 Å². The smallest absolute Gasteiger partial charge is 0.364 e. The highest BCUT2D eigenvalue weighted by molar-refractivity contribution is 5.78. The van der Waals surface area contributed by atoms with E-state index < -0.39 is 321 Å². The number of hydrogen-bond donors (Lipinski definition) is 27. The number of aliphatic carboxylic acids is 2. The van der Waals surface area contributed by atoms with E-state index in [1.807, 2.05) is 0 Å². The van der Waals surface area contributed by atoms with Gasteiger partial charge in [0.25, 0.3) is 11.6 Å². The largest absolute Gasteiger partial charge is 0.477 e. The number of aliphatic hydroxyl groups excluding tert-OH is 21. The van der Waals surface area contributed by atoms with Crippen LogP contribution in [0.5, 0.6) is 0 Å². The second-order valence-electron chi connectivity index (χ2n) is 25.4. The Kier molecular flexibility index (Phi) is 29.8. The number of aliphatic hydroxyl groups is 21. The lowest BCUT2D eigenvalue weighted by molar-refractivity contribution is -0.387. The third-order valence-corrected chi connectivity index (χ3v) is 18.1. The van der Waals surface area contributed by atoms with Gasteiger partial charge in [0.1, 0.15) is 159 Å². The highest BCUT2D eigenvalue weighted by atomic mass is 16.8. The molecular formula is C56H92N4O42. The quantitative estimate of drug-likeness (QED) is 0.0331. The molecule has 0 spiro atoms. The fourth-order valence-electron chi connectivity index (χ4n) is 12.9. The van der Waals surface area contributed by atoms with Crippen LogP contribution < -0.4 is 21.3 Å². The summed E-state index contributed by atoms with van der Waals surface area (Å²) in [6.07, 6.45) is -69.0. The van der Waals surface area contributed by atoms with Crippen LogP contribution >= 0.6 is 0 Å². The van der Waals surface area contributed by atoms with Crippen LogP contribution in [0.1, 0.15) is 40.5 Å². The molecule has 0 aromatic rings. The van der Waals surface area contributed by atoms with Crippen molar-refractivity contribution in [3.8, 4) is 0 Å². The van der Waals surface area contributed by atoms with E-state index in [1.54, 1.807) is 0 Å². The number of carbonyl (C=O) groups is 6. The number of nitrogens with one attached hydrogen (secondary N) is 4. The second kappa shape index (κ2) is 35.9. The van der Waals surface area contributed by atoms with Gasteiger partial charge in [0, 0.05) is 40.5 Å². The molecule has 7 aliphatic rings. The van der Waals surface area contributed by atoms with E-state index in [9.17, 15) is 146 Å². The topological polar surface area (TPSA) is 736 Å². The SMILES string of the molecule is CC(=O)N[C@H]1[C@H](OC[C@H]2O[C@@H](O)[C@H](O)[C@@H](O[C@@H]3O[C@H](CO)[C@@H](O[C@@H]4O[C@H](CO)[C@H](O)[C@H](O[C@]5(C(=O)O)C[C@H](O)[C@@H](NC(C)=O)[C@H]([C@H](O)[C@H](O)CO)O5)[C@H]4O)[C@H](O)[C@H]3NC(C)=O)[C@H]2O)O[C@H](CO)[C@@H](O[C@@H]2O[C@H](CO)[C@H](O)[C@H](O[C@]3(C(=O)O)C[C@H](O)[C@@H](NC(C)=O)[C@H]([C@H](O)[C@H](O)CO)O3)[C@H]2O)[C@@H]1O. The van der Waals surface area contributed by atoms with Gasteiger partial charge in [-0.25, -0.2) is 9.59 Å². The molecule has 588 valence electrons. The van der Waals surface area contributed by atoms with Crippen LogP contribution in [-0.4, -0.2) is 425 Å². The predicted molar refractivity (Wildman–Crippen MR) is 313 cm³/mol. The Morgan fingerprint density at radius 2 is 0.735 bits per heavy atom. The lowest BCUT2D eigenvalue weighted by Gasteiger charge is -2.51. The monoisotopic (exact) mass is 1490 g/mol. The van der Waals surface area contributed by atoms with Gasteiger partial charge >= 0.3 is 11.9 Å². The summed E-state index contributed by atoms with van der Waals surface area (Å²) < 4.78 is 74.6. The molecule has 27 N–H and O–H groups in total. The Bertz CT molecular complexity index is 2780. The van der Waals surface area contributed by atoms with E-state index in [-0.39, 0.29) is 0 Å². The molecule has 0 saturated carbocycles. The summed E-state index contributed by atoms with van der Waals surface area (Å²) in [5, 5.41) is 260. The fraction of sp³-hybridized carbons (Fsp3) is 0.893. The number of ether oxygens (including phenoxy) is 13. The maximum Gasteiger partial charge on any atom is 0.364 e.